The molecule has 0 amide bonds. The molecule has 0 spiro atoms. The molecule has 1 aromatic carbocycles. The molecule has 0 radical (unpaired) electrons. The molecule has 1 aromatic rings. The number of rotatable bonds is 5. The molecule has 0 N–H and O–H groups in total. The molecule has 1 saturated heterocycles. The number of fused-ring (bicyclic) bond motifs is 1. The largest absolute Gasteiger partial charge is 0.492 e. The second kappa shape index (κ2) is 5.91. The Balaban J connectivity index is 1.52. The zero-order valence-electron chi connectivity index (χ0n) is 13.6. The SMILES string of the molecule is CN(CCOc1cccc(C#N)c1)[C@@H]1[C@@H]2CCO[C@@H]2C1(C)C. The van der Waals surface area contributed by atoms with E-state index in [1.165, 1.54) is 6.42 Å². The van der Waals surface area contributed by atoms with Crippen molar-refractivity contribution in [3.63, 3.8) is 0 Å². The van der Waals surface area contributed by atoms with E-state index in [-0.39, 0.29) is 5.41 Å². The van der Waals surface area contributed by atoms with Gasteiger partial charge in [-0.2, -0.15) is 5.26 Å². The monoisotopic (exact) mass is 300 g/mol. The highest BCUT2D eigenvalue weighted by Gasteiger charge is 2.60. The summed E-state index contributed by atoms with van der Waals surface area (Å²) in [7, 11) is 2.18. The molecule has 0 aromatic heterocycles. The van der Waals surface area contributed by atoms with Crippen LogP contribution in [-0.2, 0) is 4.74 Å². The summed E-state index contributed by atoms with van der Waals surface area (Å²) >= 11 is 0. The fourth-order valence-corrected chi connectivity index (χ4v) is 4.29. The van der Waals surface area contributed by atoms with Crippen LogP contribution in [0, 0.1) is 22.7 Å². The van der Waals surface area contributed by atoms with E-state index in [0.717, 1.165) is 18.9 Å². The summed E-state index contributed by atoms with van der Waals surface area (Å²) in [6, 6.07) is 10.0. The van der Waals surface area contributed by atoms with Crippen LogP contribution in [0.4, 0.5) is 0 Å². The average Bonchev–Trinajstić information content (AvgIpc) is 2.93. The van der Waals surface area contributed by atoms with E-state index in [1.54, 1.807) is 12.1 Å². The van der Waals surface area contributed by atoms with Gasteiger partial charge in [-0.1, -0.05) is 19.9 Å². The van der Waals surface area contributed by atoms with E-state index >= 15 is 0 Å². The Morgan fingerprint density at radius 3 is 3.05 bits per heavy atom. The lowest BCUT2D eigenvalue weighted by atomic mass is 9.57. The lowest BCUT2D eigenvalue weighted by Crippen LogP contribution is -2.66. The minimum Gasteiger partial charge on any atom is -0.492 e. The fourth-order valence-electron chi connectivity index (χ4n) is 4.29. The summed E-state index contributed by atoms with van der Waals surface area (Å²) in [5.41, 5.74) is 0.855. The van der Waals surface area contributed by atoms with Gasteiger partial charge < -0.3 is 9.47 Å². The number of likely N-dealkylation sites (N-methyl/N-ethyl adjacent to an activating group) is 1. The summed E-state index contributed by atoms with van der Waals surface area (Å²) in [4.78, 5) is 2.41. The molecule has 4 heteroatoms. The first-order valence-electron chi connectivity index (χ1n) is 7.99. The zero-order valence-corrected chi connectivity index (χ0v) is 13.6. The highest BCUT2D eigenvalue weighted by atomic mass is 16.5. The molecular weight excluding hydrogens is 276 g/mol. The first-order valence-corrected chi connectivity index (χ1v) is 7.99. The number of nitrogens with zero attached hydrogens (tertiary/aromatic N) is 2. The number of ether oxygens (including phenoxy) is 2. The van der Waals surface area contributed by atoms with Gasteiger partial charge in [0.25, 0.3) is 0 Å². The van der Waals surface area contributed by atoms with Gasteiger partial charge in [-0.05, 0) is 31.7 Å². The fraction of sp³-hybridized carbons (Fsp3) is 0.611. The quantitative estimate of drug-likeness (QED) is 0.838. The van der Waals surface area contributed by atoms with Crippen molar-refractivity contribution in [1.82, 2.24) is 4.90 Å². The van der Waals surface area contributed by atoms with Crippen LogP contribution in [0.1, 0.15) is 25.8 Å². The van der Waals surface area contributed by atoms with E-state index in [9.17, 15) is 0 Å². The van der Waals surface area contributed by atoms with Crippen molar-refractivity contribution >= 4 is 0 Å². The van der Waals surface area contributed by atoms with Crippen LogP contribution in [0.25, 0.3) is 0 Å². The van der Waals surface area contributed by atoms with Gasteiger partial charge in [0.05, 0.1) is 17.7 Å². The third kappa shape index (κ3) is 2.60. The minimum atomic E-state index is 0.219. The van der Waals surface area contributed by atoms with Crippen molar-refractivity contribution in [2.24, 2.45) is 11.3 Å². The predicted molar refractivity (Wildman–Crippen MR) is 84.7 cm³/mol. The summed E-state index contributed by atoms with van der Waals surface area (Å²) in [5.74, 6) is 1.43. The Morgan fingerprint density at radius 2 is 2.27 bits per heavy atom. The van der Waals surface area contributed by atoms with E-state index in [1.807, 2.05) is 12.1 Å². The van der Waals surface area contributed by atoms with Crippen LogP contribution in [0.2, 0.25) is 0 Å². The Morgan fingerprint density at radius 1 is 1.45 bits per heavy atom. The van der Waals surface area contributed by atoms with Crippen molar-refractivity contribution in [1.29, 1.82) is 5.26 Å². The van der Waals surface area contributed by atoms with Crippen molar-refractivity contribution < 1.29 is 9.47 Å². The average molecular weight is 300 g/mol. The highest BCUT2D eigenvalue weighted by Crippen LogP contribution is 2.54. The van der Waals surface area contributed by atoms with Crippen LogP contribution in [-0.4, -0.2) is 43.9 Å². The Kier molecular flexibility index (Phi) is 4.12. The van der Waals surface area contributed by atoms with E-state index in [4.69, 9.17) is 14.7 Å². The maximum absolute atomic E-state index is 8.91. The topological polar surface area (TPSA) is 45.5 Å². The van der Waals surface area contributed by atoms with Crippen LogP contribution < -0.4 is 4.74 Å². The smallest absolute Gasteiger partial charge is 0.120 e. The molecular formula is C18H24N2O2. The van der Waals surface area contributed by atoms with Crippen molar-refractivity contribution in [2.45, 2.75) is 32.4 Å². The molecule has 2 fully saturated rings. The highest BCUT2D eigenvalue weighted by molar-refractivity contribution is 5.36. The second-order valence-corrected chi connectivity index (χ2v) is 6.98. The minimum absolute atomic E-state index is 0.219. The summed E-state index contributed by atoms with van der Waals surface area (Å²) in [5, 5.41) is 8.91. The molecule has 0 unspecified atom stereocenters. The maximum Gasteiger partial charge on any atom is 0.120 e. The molecule has 3 rings (SSSR count). The molecule has 118 valence electrons. The van der Waals surface area contributed by atoms with Gasteiger partial charge in [-0.3, -0.25) is 4.90 Å². The molecule has 3 atom stereocenters. The molecule has 1 aliphatic carbocycles. The third-order valence-corrected chi connectivity index (χ3v) is 5.19. The first kappa shape index (κ1) is 15.3. The number of hydrogen-bond acceptors (Lipinski definition) is 4. The molecule has 22 heavy (non-hydrogen) atoms. The maximum atomic E-state index is 8.91. The van der Waals surface area contributed by atoms with E-state index in [0.29, 0.717) is 30.2 Å². The van der Waals surface area contributed by atoms with Crippen LogP contribution in [0.3, 0.4) is 0 Å². The van der Waals surface area contributed by atoms with Crippen LogP contribution in [0.5, 0.6) is 5.75 Å². The Hall–Kier alpha value is -1.57. The summed E-state index contributed by atoms with van der Waals surface area (Å²) in [6.07, 6.45) is 1.60. The number of benzene rings is 1. The van der Waals surface area contributed by atoms with Crippen LogP contribution >= 0.6 is 0 Å². The van der Waals surface area contributed by atoms with Gasteiger partial charge in [-0.15, -0.1) is 0 Å². The van der Waals surface area contributed by atoms with E-state index in [2.05, 4.69) is 31.9 Å². The van der Waals surface area contributed by atoms with Crippen molar-refractivity contribution in [3.8, 4) is 11.8 Å². The molecule has 1 aliphatic heterocycles. The van der Waals surface area contributed by atoms with Gasteiger partial charge in [-0.25, -0.2) is 0 Å². The second-order valence-electron chi connectivity index (χ2n) is 6.98. The van der Waals surface area contributed by atoms with Crippen molar-refractivity contribution in [3.05, 3.63) is 29.8 Å². The van der Waals surface area contributed by atoms with Gasteiger partial charge in [0, 0.05) is 30.5 Å². The molecule has 2 aliphatic rings. The summed E-state index contributed by atoms with van der Waals surface area (Å²) in [6.45, 7) is 7.03. The van der Waals surface area contributed by atoms with Gasteiger partial charge in [0.1, 0.15) is 12.4 Å². The lowest BCUT2D eigenvalue weighted by molar-refractivity contribution is -0.150. The van der Waals surface area contributed by atoms with Crippen molar-refractivity contribution in [2.75, 3.05) is 26.8 Å². The van der Waals surface area contributed by atoms with Crippen LogP contribution in [0.15, 0.2) is 24.3 Å². The molecule has 4 nitrogen and oxygen atoms in total. The number of hydrogen-bond donors (Lipinski definition) is 0. The third-order valence-electron chi connectivity index (χ3n) is 5.19. The first-order chi connectivity index (χ1) is 10.5. The lowest BCUT2D eigenvalue weighted by Gasteiger charge is -2.58. The Bertz CT molecular complexity index is 579. The molecule has 0 bridgehead atoms. The predicted octanol–water partition coefficient (Wildman–Crippen LogP) is 2.68. The van der Waals surface area contributed by atoms with Gasteiger partial charge >= 0.3 is 0 Å². The number of nitriles is 1. The Labute approximate surface area is 132 Å². The zero-order chi connectivity index (χ0) is 15.7. The summed E-state index contributed by atoms with van der Waals surface area (Å²) < 4.78 is 11.7. The molecule has 1 heterocycles. The standard InChI is InChI=1S/C18H24N2O2/c1-18(2)16(15-7-9-22-17(15)18)20(3)8-10-21-14-6-4-5-13(11-14)12-19/h4-6,11,15-17H,7-10H2,1-3H3/t15-,16+,17-/m0/s1. The molecule has 1 saturated carbocycles. The normalized spacial score (nSPS) is 28.8. The van der Waals surface area contributed by atoms with E-state index < -0.39 is 0 Å². The van der Waals surface area contributed by atoms with Gasteiger partial charge in [0.15, 0.2) is 0 Å². The van der Waals surface area contributed by atoms with Gasteiger partial charge in [0.2, 0.25) is 0 Å².